The van der Waals surface area contributed by atoms with Crippen LogP contribution in [-0.2, 0) is 0 Å². The van der Waals surface area contributed by atoms with Crippen molar-refractivity contribution in [1.29, 1.82) is 5.26 Å². The molecular weight excluding hydrogens is 202 g/mol. The van der Waals surface area contributed by atoms with Gasteiger partial charge in [-0.25, -0.2) is 0 Å². The molecule has 0 radical (unpaired) electrons. The average Bonchev–Trinajstić information content (AvgIpc) is 2.03. The first kappa shape index (κ1) is 10.4. The van der Waals surface area contributed by atoms with Gasteiger partial charge in [0.15, 0.2) is 0 Å². The van der Waals surface area contributed by atoms with Gasteiger partial charge in [0, 0.05) is 15.2 Å². The Bertz CT molecular complexity index is 341. The molecular formula is C10H10ClNS. The van der Waals surface area contributed by atoms with Gasteiger partial charge in [0.25, 0.3) is 0 Å². The van der Waals surface area contributed by atoms with E-state index in [1.54, 1.807) is 23.9 Å². The number of rotatable bonds is 2. The van der Waals surface area contributed by atoms with Gasteiger partial charge in [-0.05, 0) is 18.2 Å². The molecule has 1 rings (SSSR count). The van der Waals surface area contributed by atoms with Crippen LogP contribution < -0.4 is 0 Å². The molecule has 1 aromatic carbocycles. The third-order valence-electron chi connectivity index (χ3n) is 1.43. The first-order chi connectivity index (χ1) is 6.13. The Kier molecular flexibility index (Phi) is 3.65. The van der Waals surface area contributed by atoms with Gasteiger partial charge in [-0.3, -0.25) is 0 Å². The van der Waals surface area contributed by atoms with Crippen molar-refractivity contribution >= 4 is 23.4 Å². The van der Waals surface area contributed by atoms with Crippen LogP contribution in [0.5, 0.6) is 0 Å². The molecule has 0 amide bonds. The van der Waals surface area contributed by atoms with Gasteiger partial charge in [0.1, 0.15) is 6.07 Å². The maximum atomic E-state index is 8.82. The van der Waals surface area contributed by atoms with Crippen molar-refractivity contribution in [3.63, 3.8) is 0 Å². The number of hydrogen-bond donors (Lipinski definition) is 0. The molecule has 0 saturated heterocycles. The lowest BCUT2D eigenvalue weighted by Gasteiger charge is -2.06. The average molecular weight is 212 g/mol. The van der Waals surface area contributed by atoms with E-state index in [9.17, 15) is 0 Å². The number of halogens is 1. The zero-order valence-electron chi connectivity index (χ0n) is 7.54. The summed E-state index contributed by atoms with van der Waals surface area (Å²) in [5, 5.41) is 9.96. The number of nitrogens with zero attached hydrogens (tertiary/aromatic N) is 1. The van der Waals surface area contributed by atoms with Crippen molar-refractivity contribution in [2.45, 2.75) is 24.0 Å². The first-order valence-corrected chi connectivity index (χ1v) is 5.25. The van der Waals surface area contributed by atoms with Crippen LogP contribution >= 0.6 is 23.4 Å². The predicted molar refractivity (Wildman–Crippen MR) is 57.2 cm³/mol. The first-order valence-electron chi connectivity index (χ1n) is 4.00. The normalized spacial score (nSPS) is 10.1. The van der Waals surface area contributed by atoms with Crippen molar-refractivity contribution in [1.82, 2.24) is 0 Å². The SMILES string of the molecule is CC(C)Sc1cc(Cl)ccc1C#N. The van der Waals surface area contributed by atoms with Crippen LogP contribution in [0.1, 0.15) is 19.4 Å². The highest BCUT2D eigenvalue weighted by Gasteiger charge is 2.05. The summed E-state index contributed by atoms with van der Waals surface area (Å²) >= 11 is 7.49. The second kappa shape index (κ2) is 4.55. The Morgan fingerprint density at radius 1 is 1.46 bits per heavy atom. The lowest BCUT2D eigenvalue weighted by Crippen LogP contribution is -1.88. The van der Waals surface area contributed by atoms with Gasteiger partial charge in [-0.1, -0.05) is 25.4 Å². The summed E-state index contributed by atoms with van der Waals surface area (Å²) in [5.41, 5.74) is 0.697. The van der Waals surface area contributed by atoms with E-state index < -0.39 is 0 Å². The standard InChI is InChI=1S/C10H10ClNS/c1-7(2)13-10-5-9(11)4-3-8(10)6-12/h3-5,7H,1-2H3. The molecule has 0 saturated carbocycles. The minimum absolute atomic E-state index is 0.463. The van der Waals surface area contributed by atoms with Crippen LogP contribution in [0.3, 0.4) is 0 Å². The summed E-state index contributed by atoms with van der Waals surface area (Å²) < 4.78 is 0. The van der Waals surface area contributed by atoms with Gasteiger partial charge < -0.3 is 0 Å². The van der Waals surface area contributed by atoms with E-state index in [0.29, 0.717) is 15.8 Å². The summed E-state index contributed by atoms with van der Waals surface area (Å²) in [7, 11) is 0. The van der Waals surface area contributed by atoms with Crippen LogP contribution in [0.15, 0.2) is 23.1 Å². The molecule has 13 heavy (non-hydrogen) atoms. The molecule has 0 spiro atoms. The highest BCUT2D eigenvalue weighted by molar-refractivity contribution is 8.00. The molecule has 3 heteroatoms. The van der Waals surface area contributed by atoms with Gasteiger partial charge in [0.2, 0.25) is 0 Å². The summed E-state index contributed by atoms with van der Waals surface area (Å²) in [6.45, 7) is 4.18. The van der Waals surface area contributed by atoms with Gasteiger partial charge in [-0.2, -0.15) is 5.26 Å². The second-order valence-electron chi connectivity index (χ2n) is 2.92. The smallest absolute Gasteiger partial charge is 0.100 e. The largest absolute Gasteiger partial charge is 0.192 e. The Hall–Kier alpha value is -0.650. The van der Waals surface area contributed by atoms with Crippen molar-refractivity contribution < 1.29 is 0 Å². The predicted octanol–water partition coefficient (Wildman–Crippen LogP) is 3.71. The van der Waals surface area contributed by atoms with E-state index in [-0.39, 0.29) is 0 Å². The molecule has 0 heterocycles. The van der Waals surface area contributed by atoms with Crippen LogP contribution in [0.2, 0.25) is 5.02 Å². The lowest BCUT2D eigenvalue weighted by molar-refractivity contribution is 1.11. The summed E-state index contributed by atoms with van der Waals surface area (Å²) in [5.74, 6) is 0. The topological polar surface area (TPSA) is 23.8 Å². The molecule has 0 aliphatic heterocycles. The van der Waals surface area contributed by atoms with Crippen LogP contribution in [0, 0.1) is 11.3 Å². The van der Waals surface area contributed by atoms with Crippen molar-refractivity contribution in [2.75, 3.05) is 0 Å². The minimum Gasteiger partial charge on any atom is -0.192 e. The van der Waals surface area contributed by atoms with Crippen molar-refractivity contribution in [2.24, 2.45) is 0 Å². The Balaban J connectivity index is 3.03. The Morgan fingerprint density at radius 2 is 2.15 bits per heavy atom. The molecule has 1 nitrogen and oxygen atoms in total. The minimum atomic E-state index is 0.463. The van der Waals surface area contributed by atoms with Crippen LogP contribution in [-0.4, -0.2) is 5.25 Å². The Morgan fingerprint density at radius 3 is 2.69 bits per heavy atom. The third kappa shape index (κ3) is 2.95. The zero-order valence-corrected chi connectivity index (χ0v) is 9.12. The summed E-state index contributed by atoms with van der Waals surface area (Å²) in [6, 6.07) is 7.48. The van der Waals surface area contributed by atoms with E-state index in [4.69, 9.17) is 16.9 Å². The van der Waals surface area contributed by atoms with Gasteiger partial charge in [-0.15, -0.1) is 11.8 Å². The van der Waals surface area contributed by atoms with E-state index in [1.165, 1.54) is 0 Å². The molecule has 0 aliphatic rings. The fraction of sp³-hybridized carbons (Fsp3) is 0.300. The monoisotopic (exact) mass is 211 g/mol. The molecule has 0 atom stereocenters. The molecule has 0 unspecified atom stereocenters. The fourth-order valence-corrected chi connectivity index (χ4v) is 2.12. The highest BCUT2D eigenvalue weighted by atomic mass is 35.5. The lowest BCUT2D eigenvalue weighted by atomic mass is 10.2. The summed E-state index contributed by atoms with van der Waals surface area (Å²) in [6.07, 6.45) is 0. The second-order valence-corrected chi connectivity index (χ2v) is 4.97. The quantitative estimate of drug-likeness (QED) is 0.697. The van der Waals surface area contributed by atoms with Crippen LogP contribution in [0.4, 0.5) is 0 Å². The highest BCUT2D eigenvalue weighted by Crippen LogP contribution is 2.28. The molecule has 0 bridgehead atoms. The van der Waals surface area contributed by atoms with E-state index in [0.717, 1.165) is 4.90 Å². The summed E-state index contributed by atoms with van der Waals surface area (Å²) in [4.78, 5) is 0.963. The van der Waals surface area contributed by atoms with Crippen molar-refractivity contribution in [3.8, 4) is 6.07 Å². The number of nitriles is 1. The zero-order chi connectivity index (χ0) is 9.84. The maximum absolute atomic E-state index is 8.82. The molecule has 0 aliphatic carbocycles. The number of thioether (sulfide) groups is 1. The van der Waals surface area contributed by atoms with E-state index >= 15 is 0 Å². The number of benzene rings is 1. The van der Waals surface area contributed by atoms with Gasteiger partial charge >= 0.3 is 0 Å². The Labute approximate surface area is 87.7 Å². The van der Waals surface area contributed by atoms with E-state index in [1.807, 2.05) is 6.07 Å². The number of hydrogen-bond acceptors (Lipinski definition) is 2. The molecule has 0 aromatic heterocycles. The maximum Gasteiger partial charge on any atom is 0.100 e. The van der Waals surface area contributed by atoms with Gasteiger partial charge in [0.05, 0.1) is 5.56 Å². The van der Waals surface area contributed by atoms with E-state index in [2.05, 4.69) is 19.9 Å². The van der Waals surface area contributed by atoms with Crippen LogP contribution in [0.25, 0.3) is 0 Å². The third-order valence-corrected chi connectivity index (χ3v) is 2.72. The molecule has 0 fully saturated rings. The fourth-order valence-electron chi connectivity index (χ4n) is 0.940. The molecule has 0 N–H and O–H groups in total. The molecule has 1 aromatic rings. The molecule has 68 valence electrons. The van der Waals surface area contributed by atoms with Crippen molar-refractivity contribution in [3.05, 3.63) is 28.8 Å².